The second-order valence-electron chi connectivity index (χ2n) is 5.38. The van der Waals surface area contributed by atoms with Gasteiger partial charge in [0.2, 0.25) is 5.91 Å². The van der Waals surface area contributed by atoms with E-state index in [1.165, 1.54) is 11.3 Å². The molecule has 3 nitrogen and oxygen atoms in total. The van der Waals surface area contributed by atoms with E-state index < -0.39 is 0 Å². The lowest BCUT2D eigenvalue weighted by atomic mass is 10.1. The van der Waals surface area contributed by atoms with Gasteiger partial charge in [-0.2, -0.15) is 11.8 Å². The van der Waals surface area contributed by atoms with Crippen molar-refractivity contribution in [3.63, 3.8) is 0 Å². The van der Waals surface area contributed by atoms with Crippen LogP contribution in [0.25, 0.3) is 0 Å². The van der Waals surface area contributed by atoms with Crippen LogP contribution in [0.15, 0.2) is 48.7 Å². The fourth-order valence-electron chi connectivity index (χ4n) is 2.90. The van der Waals surface area contributed by atoms with Crippen molar-refractivity contribution in [3.05, 3.63) is 59.9 Å². The molecule has 1 aliphatic heterocycles. The van der Waals surface area contributed by atoms with Gasteiger partial charge in [0, 0.05) is 18.4 Å². The summed E-state index contributed by atoms with van der Waals surface area (Å²) >= 11 is 1.80. The number of thioether (sulfide) groups is 1. The first kappa shape index (κ1) is 14.3. The second kappa shape index (κ2) is 6.39. The van der Waals surface area contributed by atoms with Crippen LogP contribution in [0.5, 0.6) is 0 Å². The predicted octanol–water partition coefficient (Wildman–Crippen LogP) is 3.32. The Balaban J connectivity index is 1.82. The second-order valence-corrected chi connectivity index (χ2v) is 6.37. The Morgan fingerprint density at radius 1 is 1.19 bits per heavy atom. The number of fused-ring (bicyclic) bond motifs is 1. The maximum absolute atomic E-state index is 12.8. The molecule has 1 atom stereocenters. The average molecular weight is 300 g/mol. The van der Waals surface area contributed by atoms with Crippen LogP contribution in [-0.2, 0) is 17.9 Å². The van der Waals surface area contributed by atoms with Gasteiger partial charge in [-0.1, -0.05) is 30.3 Å². The van der Waals surface area contributed by atoms with Crippen LogP contribution >= 0.6 is 11.8 Å². The van der Waals surface area contributed by atoms with Crippen molar-refractivity contribution in [1.29, 1.82) is 0 Å². The molecule has 21 heavy (non-hydrogen) atoms. The van der Waals surface area contributed by atoms with Gasteiger partial charge in [0.15, 0.2) is 0 Å². The van der Waals surface area contributed by atoms with Gasteiger partial charge in [0.25, 0.3) is 0 Å². The zero-order valence-corrected chi connectivity index (χ0v) is 13.1. The molecule has 0 bridgehead atoms. The standard InChI is InChI=1S/C17H20N2OS/c1-21-11-9-16-17(20)18(12-14-6-3-2-4-7-14)13-15-8-5-10-19(15)16/h2-8,10,16H,9,11-13H2,1H3/t16-/m0/s1. The Labute approximate surface area is 130 Å². The molecule has 110 valence electrons. The summed E-state index contributed by atoms with van der Waals surface area (Å²) in [5.74, 6) is 1.25. The monoisotopic (exact) mass is 300 g/mol. The lowest BCUT2D eigenvalue weighted by Gasteiger charge is -2.34. The lowest BCUT2D eigenvalue weighted by molar-refractivity contribution is -0.138. The molecule has 1 aliphatic rings. The van der Waals surface area contributed by atoms with Crippen molar-refractivity contribution < 1.29 is 4.79 Å². The summed E-state index contributed by atoms with van der Waals surface area (Å²) in [6, 6.07) is 14.3. The molecular formula is C17H20N2OS. The average Bonchev–Trinajstić information content (AvgIpc) is 2.96. The van der Waals surface area contributed by atoms with Gasteiger partial charge < -0.3 is 9.47 Å². The highest BCUT2D eigenvalue weighted by Gasteiger charge is 2.31. The van der Waals surface area contributed by atoms with Crippen LogP contribution < -0.4 is 0 Å². The van der Waals surface area contributed by atoms with Gasteiger partial charge in [-0.25, -0.2) is 0 Å². The summed E-state index contributed by atoms with van der Waals surface area (Å²) in [5.41, 5.74) is 2.42. The van der Waals surface area contributed by atoms with E-state index in [0.29, 0.717) is 13.1 Å². The molecule has 0 aliphatic carbocycles. The summed E-state index contributed by atoms with van der Waals surface area (Å²) in [6.45, 7) is 1.40. The molecule has 0 saturated carbocycles. The first-order valence-corrected chi connectivity index (χ1v) is 8.66. The third-order valence-electron chi connectivity index (χ3n) is 3.96. The maximum Gasteiger partial charge on any atom is 0.246 e. The Morgan fingerprint density at radius 3 is 2.76 bits per heavy atom. The normalized spacial score (nSPS) is 17.9. The lowest BCUT2D eigenvalue weighted by Crippen LogP contribution is -2.42. The number of carbonyl (C=O) groups excluding carboxylic acids is 1. The van der Waals surface area contributed by atoms with Crippen molar-refractivity contribution in [1.82, 2.24) is 9.47 Å². The smallest absolute Gasteiger partial charge is 0.246 e. The van der Waals surface area contributed by atoms with E-state index in [4.69, 9.17) is 0 Å². The topological polar surface area (TPSA) is 25.2 Å². The largest absolute Gasteiger partial charge is 0.337 e. The van der Waals surface area contributed by atoms with Crippen LogP contribution in [0.1, 0.15) is 23.7 Å². The molecule has 1 aromatic heterocycles. The van der Waals surface area contributed by atoms with Crippen molar-refractivity contribution in [2.75, 3.05) is 12.0 Å². The first-order chi connectivity index (χ1) is 10.3. The number of carbonyl (C=O) groups is 1. The van der Waals surface area contributed by atoms with E-state index in [0.717, 1.165) is 12.2 Å². The van der Waals surface area contributed by atoms with E-state index in [9.17, 15) is 4.79 Å². The quantitative estimate of drug-likeness (QED) is 0.846. The first-order valence-electron chi connectivity index (χ1n) is 7.27. The fourth-order valence-corrected chi connectivity index (χ4v) is 3.36. The van der Waals surface area contributed by atoms with E-state index in [1.807, 2.05) is 35.4 Å². The molecular weight excluding hydrogens is 280 g/mol. The number of rotatable bonds is 5. The minimum atomic E-state index is -0.0417. The SMILES string of the molecule is CSCC[C@H]1C(=O)N(Cc2ccccc2)Cc2cccn21. The van der Waals surface area contributed by atoms with Gasteiger partial charge in [0.1, 0.15) is 6.04 Å². The van der Waals surface area contributed by atoms with Crippen molar-refractivity contribution in [3.8, 4) is 0 Å². The summed E-state index contributed by atoms with van der Waals surface area (Å²) in [7, 11) is 0. The van der Waals surface area contributed by atoms with Crippen LogP contribution in [0.4, 0.5) is 0 Å². The number of hydrogen-bond donors (Lipinski definition) is 0. The molecule has 2 aromatic rings. The van der Waals surface area contributed by atoms with Crippen molar-refractivity contribution in [2.45, 2.75) is 25.6 Å². The highest BCUT2D eigenvalue weighted by atomic mass is 32.2. The van der Waals surface area contributed by atoms with Crippen LogP contribution in [-0.4, -0.2) is 27.4 Å². The van der Waals surface area contributed by atoms with Gasteiger partial charge in [-0.05, 0) is 36.1 Å². The minimum absolute atomic E-state index is 0.0417. The number of amides is 1. The maximum atomic E-state index is 12.8. The molecule has 0 fully saturated rings. The van der Waals surface area contributed by atoms with Gasteiger partial charge in [-0.3, -0.25) is 4.79 Å². The van der Waals surface area contributed by atoms with Crippen LogP contribution in [0, 0.1) is 0 Å². The molecule has 3 rings (SSSR count). The number of aromatic nitrogens is 1. The van der Waals surface area contributed by atoms with E-state index in [2.05, 4.69) is 29.0 Å². The number of hydrogen-bond acceptors (Lipinski definition) is 2. The van der Waals surface area contributed by atoms with Crippen LogP contribution in [0.3, 0.4) is 0 Å². The molecule has 0 N–H and O–H groups in total. The molecule has 4 heteroatoms. The van der Waals surface area contributed by atoms with Gasteiger partial charge in [-0.15, -0.1) is 0 Å². The Kier molecular flexibility index (Phi) is 4.34. The zero-order valence-electron chi connectivity index (χ0n) is 12.2. The summed E-state index contributed by atoms with van der Waals surface area (Å²) in [6.07, 6.45) is 5.02. The summed E-state index contributed by atoms with van der Waals surface area (Å²) < 4.78 is 2.15. The third-order valence-corrected chi connectivity index (χ3v) is 4.61. The molecule has 0 spiro atoms. The molecule has 1 amide bonds. The van der Waals surface area contributed by atoms with Crippen molar-refractivity contribution >= 4 is 17.7 Å². The number of nitrogens with zero attached hydrogens (tertiary/aromatic N) is 2. The highest BCUT2D eigenvalue weighted by Crippen LogP contribution is 2.27. The van der Waals surface area contributed by atoms with Gasteiger partial charge in [0.05, 0.1) is 6.54 Å². The predicted molar refractivity (Wildman–Crippen MR) is 87.2 cm³/mol. The molecule has 2 heterocycles. The molecule has 1 aromatic carbocycles. The Hall–Kier alpha value is -1.68. The highest BCUT2D eigenvalue weighted by molar-refractivity contribution is 7.98. The molecule has 0 saturated heterocycles. The molecule has 0 unspecified atom stereocenters. The zero-order chi connectivity index (χ0) is 14.7. The Bertz CT molecular complexity index is 608. The Morgan fingerprint density at radius 2 is 2.00 bits per heavy atom. The van der Waals surface area contributed by atoms with Crippen LogP contribution in [0.2, 0.25) is 0 Å². The number of benzene rings is 1. The summed E-state index contributed by atoms with van der Waals surface area (Å²) in [5, 5.41) is 0. The minimum Gasteiger partial charge on any atom is -0.337 e. The van der Waals surface area contributed by atoms with E-state index in [-0.39, 0.29) is 11.9 Å². The van der Waals surface area contributed by atoms with E-state index >= 15 is 0 Å². The fraction of sp³-hybridized carbons (Fsp3) is 0.353. The van der Waals surface area contributed by atoms with Crippen molar-refractivity contribution in [2.24, 2.45) is 0 Å². The summed E-state index contributed by atoms with van der Waals surface area (Å²) in [4.78, 5) is 14.8. The van der Waals surface area contributed by atoms with E-state index in [1.54, 1.807) is 11.8 Å². The molecule has 0 radical (unpaired) electrons. The third kappa shape index (κ3) is 3.00. The van der Waals surface area contributed by atoms with Gasteiger partial charge >= 0.3 is 0 Å².